The van der Waals surface area contributed by atoms with Gasteiger partial charge in [0.05, 0.1) is 0 Å². The van der Waals surface area contributed by atoms with E-state index in [1.807, 2.05) is 0 Å². The summed E-state index contributed by atoms with van der Waals surface area (Å²) in [6, 6.07) is 4.66. The number of hydrogen-bond acceptors (Lipinski definition) is 3. The fraction of sp³-hybridized carbons (Fsp3) is 0.647. The molecule has 6 heteroatoms. The molecule has 0 bridgehead atoms. The number of benzene rings is 1. The topological polar surface area (TPSA) is 35.2 Å². The molecular weight excluding hydrogens is 323 g/mol. The highest BCUT2D eigenvalue weighted by Crippen LogP contribution is 2.30. The van der Waals surface area contributed by atoms with Gasteiger partial charge in [-0.05, 0) is 43.5 Å². The number of rotatable bonds is 11. The highest BCUT2D eigenvalue weighted by molar-refractivity contribution is 7.80. The van der Waals surface area contributed by atoms with E-state index in [2.05, 4.69) is 17.4 Å². The van der Waals surface area contributed by atoms with Gasteiger partial charge in [0, 0.05) is 4.90 Å². The number of halogens is 3. The average molecular weight is 349 g/mol. The molecule has 0 aliphatic heterocycles. The molecule has 0 radical (unpaired) electrons. The Morgan fingerprint density at radius 3 is 2.00 bits per heavy atom. The van der Waals surface area contributed by atoms with Gasteiger partial charge >= 0.3 is 6.36 Å². The van der Waals surface area contributed by atoms with E-state index in [0.717, 1.165) is 37.8 Å². The van der Waals surface area contributed by atoms with Crippen LogP contribution in [0.5, 0.6) is 5.75 Å². The van der Waals surface area contributed by atoms with Crippen molar-refractivity contribution in [3.8, 4) is 5.75 Å². The molecule has 0 saturated heterocycles. The first-order valence-corrected chi connectivity index (χ1v) is 8.65. The van der Waals surface area contributed by atoms with Crippen molar-refractivity contribution in [3.63, 3.8) is 0 Å². The summed E-state index contributed by atoms with van der Waals surface area (Å²) in [5.41, 5.74) is 6.44. The van der Waals surface area contributed by atoms with Crippen molar-refractivity contribution in [3.05, 3.63) is 23.8 Å². The number of thiol groups is 1. The quantitative estimate of drug-likeness (QED) is 0.409. The van der Waals surface area contributed by atoms with Gasteiger partial charge in [0.25, 0.3) is 0 Å². The molecule has 2 N–H and O–H groups in total. The molecule has 0 spiro atoms. The minimum atomic E-state index is -4.68. The van der Waals surface area contributed by atoms with E-state index < -0.39 is 6.36 Å². The van der Waals surface area contributed by atoms with Crippen molar-refractivity contribution in [1.82, 2.24) is 0 Å². The lowest BCUT2D eigenvalue weighted by atomic mass is 10.0. The van der Waals surface area contributed by atoms with E-state index in [9.17, 15) is 13.2 Å². The zero-order valence-corrected chi connectivity index (χ0v) is 14.3. The lowest BCUT2D eigenvalue weighted by Crippen LogP contribution is -2.17. The van der Waals surface area contributed by atoms with Crippen LogP contribution in [-0.4, -0.2) is 12.9 Å². The molecule has 0 amide bonds. The summed E-state index contributed by atoms with van der Waals surface area (Å²) in [5.74, 6) is -0.248. The molecule has 0 heterocycles. The summed E-state index contributed by atoms with van der Waals surface area (Å²) in [4.78, 5) is 0.222. The Balaban J connectivity index is 2.19. The summed E-state index contributed by atoms with van der Waals surface area (Å²) in [6.45, 7) is 0.778. The highest BCUT2D eigenvalue weighted by atomic mass is 32.1. The molecule has 0 fully saturated rings. The minimum Gasteiger partial charge on any atom is -0.405 e. The van der Waals surface area contributed by atoms with Crippen LogP contribution in [0.2, 0.25) is 0 Å². The van der Waals surface area contributed by atoms with E-state index in [4.69, 9.17) is 5.73 Å². The van der Waals surface area contributed by atoms with Gasteiger partial charge in [-0.2, -0.15) is 0 Å². The molecule has 2 nitrogen and oxygen atoms in total. The smallest absolute Gasteiger partial charge is 0.405 e. The van der Waals surface area contributed by atoms with E-state index >= 15 is 0 Å². The molecule has 132 valence electrons. The molecule has 0 unspecified atom stereocenters. The van der Waals surface area contributed by atoms with Crippen molar-refractivity contribution in [2.24, 2.45) is 5.73 Å². The van der Waals surface area contributed by atoms with Gasteiger partial charge in [-0.15, -0.1) is 25.8 Å². The van der Waals surface area contributed by atoms with Gasteiger partial charge in [0.2, 0.25) is 0 Å². The Morgan fingerprint density at radius 1 is 0.913 bits per heavy atom. The molecule has 0 aliphatic carbocycles. The summed E-state index contributed by atoms with van der Waals surface area (Å²) < 4.78 is 40.4. The summed E-state index contributed by atoms with van der Waals surface area (Å²) in [7, 11) is 0. The molecule has 0 saturated carbocycles. The second-order valence-electron chi connectivity index (χ2n) is 5.72. The molecule has 1 aromatic carbocycles. The molecule has 0 aromatic heterocycles. The SMILES string of the molecule is NCCCCCCCCCCc1ccc(OC(F)(F)F)c(S)c1. The van der Waals surface area contributed by atoms with E-state index in [1.165, 1.54) is 38.2 Å². The van der Waals surface area contributed by atoms with Crippen molar-refractivity contribution < 1.29 is 17.9 Å². The monoisotopic (exact) mass is 349 g/mol. The number of unbranched alkanes of at least 4 members (excludes halogenated alkanes) is 7. The highest BCUT2D eigenvalue weighted by Gasteiger charge is 2.31. The first-order chi connectivity index (χ1) is 10.9. The molecular formula is C17H26F3NOS. The predicted molar refractivity (Wildman–Crippen MR) is 90.1 cm³/mol. The molecule has 0 atom stereocenters. The Morgan fingerprint density at radius 2 is 1.48 bits per heavy atom. The van der Waals surface area contributed by atoms with Crippen molar-refractivity contribution in [2.75, 3.05) is 6.54 Å². The maximum Gasteiger partial charge on any atom is 0.573 e. The molecule has 1 rings (SSSR count). The zero-order valence-electron chi connectivity index (χ0n) is 13.4. The zero-order chi connectivity index (χ0) is 17.1. The average Bonchev–Trinajstić information content (AvgIpc) is 2.47. The Kier molecular flexibility index (Phi) is 9.48. The second kappa shape index (κ2) is 10.8. The van der Waals surface area contributed by atoms with Gasteiger partial charge in [-0.1, -0.05) is 44.6 Å². The van der Waals surface area contributed by atoms with Gasteiger partial charge in [0.15, 0.2) is 0 Å². The molecule has 1 aromatic rings. The second-order valence-corrected chi connectivity index (χ2v) is 6.20. The fourth-order valence-electron chi connectivity index (χ4n) is 2.46. The van der Waals surface area contributed by atoms with Crippen LogP contribution in [-0.2, 0) is 6.42 Å². The van der Waals surface area contributed by atoms with Crippen LogP contribution in [0.25, 0.3) is 0 Å². The molecule has 23 heavy (non-hydrogen) atoms. The first kappa shape index (κ1) is 20.2. The Hall–Kier alpha value is -0.880. The minimum absolute atomic E-state index is 0.222. The maximum absolute atomic E-state index is 12.2. The summed E-state index contributed by atoms with van der Waals surface area (Å²) >= 11 is 4.06. The van der Waals surface area contributed by atoms with Crippen LogP contribution < -0.4 is 10.5 Å². The van der Waals surface area contributed by atoms with Gasteiger partial charge in [-0.25, -0.2) is 0 Å². The van der Waals surface area contributed by atoms with Crippen LogP contribution in [0.15, 0.2) is 23.1 Å². The Labute approximate surface area is 142 Å². The predicted octanol–water partition coefficient (Wildman–Crippen LogP) is 5.50. The van der Waals surface area contributed by atoms with Crippen LogP contribution in [0, 0.1) is 0 Å². The maximum atomic E-state index is 12.2. The van der Waals surface area contributed by atoms with Crippen molar-refractivity contribution >= 4 is 12.6 Å². The first-order valence-electron chi connectivity index (χ1n) is 8.20. The summed E-state index contributed by atoms with van der Waals surface area (Å²) in [5, 5.41) is 0. The Bertz CT molecular complexity index is 452. The largest absolute Gasteiger partial charge is 0.573 e. The third kappa shape index (κ3) is 9.76. The van der Waals surface area contributed by atoms with Crippen LogP contribution in [0.4, 0.5) is 13.2 Å². The number of ether oxygens (including phenoxy) is 1. The van der Waals surface area contributed by atoms with E-state index in [1.54, 1.807) is 12.1 Å². The van der Waals surface area contributed by atoms with Crippen LogP contribution >= 0.6 is 12.6 Å². The van der Waals surface area contributed by atoms with Crippen molar-refractivity contribution in [2.45, 2.75) is 69.0 Å². The standard InChI is InChI=1S/C17H26F3NOS/c18-17(19,20)22-15-11-10-14(13-16(15)23)9-7-5-3-1-2-4-6-8-12-21/h10-11,13,23H,1-9,12,21H2. The van der Waals surface area contributed by atoms with Gasteiger partial charge in [-0.3, -0.25) is 0 Å². The summed E-state index contributed by atoms with van der Waals surface area (Å²) in [6.07, 6.45) is 5.62. The normalized spacial score (nSPS) is 11.7. The van der Waals surface area contributed by atoms with Gasteiger partial charge < -0.3 is 10.5 Å². The van der Waals surface area contributed by atoms with E-state index in [-0.39, 0.29) is 10.6 Å². The number of alkyl halides is 3. The third-order valence-corrected chi connectivity index (χ3v) is 4.02. The lowest BCUT2D eigenvalue weighted by molar-refractivity contribution is -0.275. The van der Waals surface area contributed by atoms with Crippen LogP contribution in [0.1, 0.15) is 56.9 Å². The number of hydrogen-bond donors (Lipinski definition) is 2. The third-order valence-electron chi connectivity index (χ3n) is 3.67. The molecule has 0 aliphatic rings. The van der Waals surface area contributed by atoms with E-state index in [0.29, 0.717) is 0 Å². The fourth-order valence-corrected chi connectivity index (χ4v) is 2.75. The lowest BCUT2D eigenvalue weighted by Gasteiger charge is -2.12. The van der Waals surface area contributed by atoms with Crippen LogP contribution in [0.3, 0.4) is 0 Å². The van der Waals surface area contributed by atoms with Gasteiger partial charge in [0.1, 0.15) is 5.75 Å². The van der Waals surface area contributed by atoms with Crippen molar-refractivity contribution in [1.29, 1.82) is 0 Å². The number of aryl methyl sites for hydroxylation is 1. The number of nitrogens with two attached hydrogens (primary N) is 1.